The van der Waals surface area contributed by atoms with Crippen molar-refractivity contribution in [1.82, 2.24) is 5.32 Å². The van der Waals surface area contributed by atoms with Gasteiger partial charge in [-0.25, -0.2) is 0 Å². The number of piperidine rings is 1. The van der Waals surface area contributed by atoms with Gasteiger partial charge in [-0.15, -0.1) is 0 Å². The summed E-state index contributed by atoms with van der Waals surface area (Å²) in [7, 11) is 0. The van der Waals surface area contributed by atoms with Crippen LogP contribution >= 0.6 is 0 Å². The minimum absolute atomic E-state index is 0.666. The molecule has 1 fully saturated rings. The maximum Gasteiger partial charge on any atom is 0.119 e. The first-order valence-corrected chi connectivity index (χ1v) is 6.27. The molecule has 88 valence electrons. The van der Waals surface area contributed by atoms with Crippen LogP contribution in [-0.2, 0) is 0 Å². The molecule has 1 aliphatic rings. The molecule has 1 saturated heterocycles. The van der Waals surface area contributed by atoms with Crippen molar-refractivity contribution >= 4 is 0 Å². The number of ether oxygens (including phenoxy) is 1. The Kier molecular flexibility index (Phi) is 4.23. The summed E-state index contributed by atoms with van der Waals surface area (Å²) >= 11 is 0. The summed E-state index contributed by atoms with van der Waals surface area (Å²) in [6.07, 6.45) is 5.11. The minimum atomic E-state index is 0.666. The van der Waals surface area contributed by atoms with Crippen molar-refractivity contribution < 1.29 is 4.74 Å². The molecule has 0 amide bonds. The fourth-order valence-electron chi connectivity index (χ4n) is 2.12. The molecule has 1 aromatic rings. The maximum absolute atomic E-state index is 5.72. The predicted octanol–water partition coefficient (Wildman–Crippen LogP) is 2.91. The average Bonchev–Trinajstić information content (AvgIpc) is 2.33. The molecule has 2 heteroatoms. The maximum atomic E-state index is 5.72. The van der Waals surface area contributed by atoms with E-state index in [1.807, 2.05) is 12.1 Å². The highest BCUT2D eigenvalue weighted by atomic mass is 16.5. The molecular weight excluding hydrogens is 198 g/mol. The normalized spacial score (nSPS) is 20.7. The Balaban J connectivity index is 1.69. The SMILES string of the molecule is Cc1ccc(OCC[C@H]2CCCCN2)cc1. The Labute approximate surface area is 98.0 Å². The van der Waals surface area contributed by atoms with Crippen LogP contribution in [0.2, 0.25) is 0 Å². The molecule has 1 heterocycles. The summed E-state index contributed by atoms with van der Waals surface area (Å²) in [4.78, 5) is 0. The van der Waals surface area contributed by atoms with Crippen molar-refractivity contribution in [2.24, 2.45) is 0 Å². The molecule has 2 nitrogen and oxygen atoms in total. The smallest absolute Gasteiger partial charge is 0.119 e. The highest BCUT2D eigenvalue weighted by Gasteiger charge is 2.11. The van der Waals surface area contributed by atoms with Crippen molar-refractivity contribution in [3.8, 4) is 5.75 Å². The highest BCUT2D eigenvalue weighted by molar-refractivity contribution is 5.26. The van der Waals surface area contributed by atoms with E-state index in [1.54, 1.807) is 0 Å². The summed E-state index contributed by atoms with van der Waals surface area (Å²) in [6.45, 7) is 4.09. The molecule has 16 heavy (non-hydrogen) atoms. The third-order valence-electron chi connectivity index (χ3n) is 3.17. The van der Waals surface area contributed by atoms with E-state index in [9.17, 15) is 0 Å². The van der Waals surface area contributed by atoms with Gasteiger partial charge in [0.1, 0.15) is 5.75 Å². The molecule has 0 aliphatic carbocycles. The summed E-state index contributed by atoms with van der Waals surface area (Å²) < 4.78 is 5.72. The lowest BCUT2D eigenvalue weighted by Crippen LogP contribution is -2.35. The Morgan fingerprint density at radius 1 is 1.25 bits per heavy atom. The van der Waals surface area contributed by atoms with Gasteiger partial charge in [0.2, 0.25) is 0 Å². The van der Waals surface area contributed by atoms with Gasteiger partial charge in [0.05, 0.1) is 6.61 Å². The van der Waals surface area contributed by atoms with Crippen molar-refractivity contribution in [3.63, 3.8) is 0 Å². The van der Waals surface area contributed by atoms with Crippen LogP contribution < -0.4 is 10.1 Å². The van der Waals surface area contributed by atoms with Crippen molar-refractivity contribution in [3.05, 3.63) is 29.8 Å². The van der Waals surface area contributed by atoms with E-state index in [2.05, 4.69) is 24.4 Å². The molecule has 1 aliphatic heterocycles. The lowest BCUT2D eigenvalue weighted by molar-refractivity contribution is 0.268. The number of hydrogen-bond acceptors (Lipinski definition) is 2. The lowest BCUT2D eigenvalue weighted by Gasteiger charge is -2.23. The van der Waals surface area contributed by atoms with Crippen LogP contribution in [0.25, 0.3) is 0 Å². The second-order valence-corrected chi connectivity index (χ2v) is 4.60. The zero-order valence-electron chi connectivity index (χ0n) is 10.0. The zero-order valence-corrected chi connectivity index (χ0v) is 10.0. The standard InChI is InChI=1S/C14H21NO/c1-12-5-7-14(8-6-12)16-11-9-13-4-2-3-10-15-13/h5-8,13,15H,2-4,9-11H2,1H3/t13-/m1/s1. The number of aryl methyl sites for hydroxylation is 1. The third kappa shape index (κ3) is 3.53. The first kappa shape index (κ1) is 11.5. The molecule has 0 spiro atoms. The largest absolute Gasteiger partial charge is 0.494 e. The van der Waals surface area contributed by atoms with Crippen LogP contribution in [-0.4, -0.2) is 19.2 Å². The van der Waals surface area contributed by atoms with E-state index in [1.165, 1.54) is 31.4 Å². The monoisotopic (exact) mass is 219 g/mol. The molecular formula is C14H21NO. The van der Waals surface area contributed by atoms with Crippen molar-refractivity contribution in [2.45, 2.75) is 38.6 Å². The van der Waals surface area contributed by atoms with Crippen molar-refractivity contribution in [2.75, 3.05) is 13.2 Å². The first-order valence-electron chi connectivity index (χ1n) is 6.27. The van der Waals surface area contributed by atoms with Gasteiger partial charge >= 0.3 is 0 Å². The van der Waals surface area contributed by atoms with E-state index < -0.39 is 0 Å². The Bertz CT molecular complexity index is 301. The molecule has 0 bridgehead atoms. The second kappa shape index (κ2) is 5.90. The van der Waals surface area contributed by atoms with Gasteiger partial charge in [-0.3, -0.25) is 0 Å². The molecule has 0 unspecified atom stereocenters. The van der Waals surface area contributed by atoms with Crippen molar-refractivity contribution in [1.29, 1.82) is 0 Å². The summed E-state index contributed by atoms with van der Waals surface area (Å²) in [5.41, 5.74) is 1.28. The fourth-order valence-corrected chi connectivity index (χ4v) is 2.12. The molecule has 1 N–H and O–H groups in total. The van der Waals surface area contributed by atoms with Crippen LogP contribution in [0, 0.1) is 6.92 Å². The van der Waals surface area contributed by atoms with E-state index in [0.29, 0.717) is 6.04 Å². The number of rotatable bonds is 4. The quantitative estimate of drug-likeness (QED) is 0.840. The topological polar surface area (TPSA) is 21.3 Å². The molecule has 1 atom stereocenters. The molecule has 1 aromatic carbocycles. The van der Waals surface area contributed by atoms with E-state index >= 15 is 0 Å². The minimum Gasteiger partial charge on any atom is -0.494 e. The van der Waals surface area contributed by atoms with Crippen LogP contribution in [0.15, 0.2) is 24.3 Å². The molecule has 0 aromatic heterocycles. The van der Waals surface area contributed by atoms with E-state index in [-0.39, 0.29) is 0 Å². The summed E-state index contributed by atoms with van der Waals surface area (Å²) in [5.74, 6) is 0.987. The Morgan fingerprint density at radius 2 is 2.06 bits per heavy atom. The van der Waals surface area contributed by atoms with Crippen LogP contribution in [0.5, 0.6) is 5.75 Å². The van der Waals surface area contributed by atoms with Gasteiger partial charge in [-0.05, 0) is 44.9 Å². The molecule has 0 saturated carbocycles. The predicted molar refractivity (Wildman–Crippen MR) is 66.9 cm³/mol. The number of hydrogen-bond donors (Lipinski definition) is 1. The lowest BCUT2D eigenvalue weighted by atomic mass is 10.0. The summed E-state index contributed by atoms with van der Waals surface area (Å²) in [5, 5.41) is 3.53. The fraction of sp³-hybridized carbons (Fsp3) is 0.571. The number of nitrogens with one attached hydrogen (secondary N) is 1. The average molecular weight is 219 g/mol. The van der Waals surface area contributed by atoms with E-state index in [4.69, 9.17) is 4.74 Å². The van der Waals surface area contributed by atoms with Crippen LogP contribution in [0.4, 0.5) is 0 Å². The van der Waals surface area contributed by atoms with Gasteiger partial charge in [0, 0.05) is 6.04 Å². The second-order valence-electron chi connectivity index (χ2n) is 4.60. The van der Waals surface area contributed by atoms with Crippen LogP contribution in [0.1, 0.15) is 31.2 Å². The van der Waals surface area contributed by atoms with Gasteiger partial charge < -0.3 is 10.1 Å². The molecule has 0 radical (unpaired) electrons. The van der Waals surface area contributed by atoms with Crippen LogP contribution in [0.3, 0.4) is 0 Å². The summed E-state index contributed by atoms with van der Waals surface area (Å²) in [6, 6.07) is 8.94. The highest BCUT2D eigenvalue weighted by Crippen LogP contribution is 2.14. The number of benzene rings is 1. The first-order chi connectivity index (χ1) is 7.84. The Morgan fingerprint density at radius 3 is 2.75 bits per heavy atom. The van der Waals surface area contributed by atoms with Gasteiger partial charge in [0.25, 0.3) is 0 Å². The van der Waals surface area contributed by atoms with Gasteiger partial charge in [0.15, 0.2) is 0 Å². The van der Waals surface area contributed by atoms with Gasteiger partial charge in [-0.1, -0.05) is 24.1 Å². The third-order valence-corrected chi connectivity index (χ3v) is 3.17. The zero-order chi connectivity index (χ0) is 11.2. The molecule has 2 rings (SSSR count). The van der Waals surface area contributed by atoms with E-state index in [0.717, 1.165) is 18.8 Å². The Hall–Kier alpha value is -1.02. The van der Waals surface area contributed by atoms with Gasteiger partial charge in [-0.2, -0.15) is 0 Å².